The lowest BCUT2D eigenvalue weighted by atomic mass is 9.96. The van der Waals surface area contributed by atoms with Crippen molar-refractivity contribution in [2.45, 2.75) is 52.2 Å². The summed E-state index contributed by atoms with van der Waals surface area (Å²) in [6, 6.07) is 7.26. The molecule has 0 radical (unpaired) electrons. The third-order valence-corrected chi connectivity index (χ3v) is 3.32. The van der Waals surface area contributed by atoms with Gasteiger partial charge in [-0.05, 0) is 37.5 Å². The van der Waals surface area contributed by atoms with Gasteiger partial charge in [-0.15, -0.1) is 0 Å². The summed E-state index contributed by atoms with van der Waals surface area (Å²) in [5.74, 6) is 1.23. The average molecular weight is 271 g/mol. The van der Waals surface area contributed by atoms with Crippen LogP contribution in [0.4, 0.5) is 0 Å². The molecule has 3 unspecified atom stereocenters. The van der Waals surface area contributed by atoms with Crippen molar-refractivity contribution >= 4 is 11.6 Å². The van der Waals surface area contributed by atoms with E-state index in [1.54, 1.807) is 12.1 Å². The van der Waals surface area contributed by atoms with Crippen molar-refractivity contribution in [2.75, 3.05) is 0 Å². The topological polar surface area (TPSA) is 29.5 Å². The van der Waals surface area contributed by atoms with Gasteiger partial charge in [-0.25, -0.2) is 0 Å². The van der Waals surface area contributed by atoms with Crippen molar-refractivity contribution in [2.24, 2.45) is 5.92 Å². The van der Waals surface area contributed by atoms with Gasteiger partial charge in [-0.1, -0.05) is 44.4 Å². The lowest BCUT2D eigenvalue weighted by Crippen LogP contribution is -2.30. The van der Waals surface area contributed by atoms with Gasteiger partial charge in [-0.3, -0.25) is 0 Å². The Kier molecular flexibility index (Phi) is 6.51. The summed E-state index contributed by atoms with van der Waals surface area (Å²) >= 11 is 5.89. The van der Waals surface area contributed by atoms with E-state index in [9.17, 15) is 5.11 Å². The largest absolute Gasteiger partial charge is 0.488 e. The van der Waals surface area contributed by atoms with Crippen molar-refractivity contribution in [3.05, 3.63) is 29.3 Å². The Balaban J connectivity index is 2.46. The lowest BCUT2D eigenvalue weighted by molar-refractivity contribution is 0.0312. The molecule has 0 heterocycles. The number of halogens is 1. The summed E-state index contributed by atoms with van der Waals surface area (Å²) in [7, 11) is 0. The van der Waals surface area contributed by atoms with E-state index in [4.69, 9.17) is 16.3 Å². The Morgan fingerprint density at radius 3 is 2.67 bits per heavy atom. The van der Waals surface area contributed by atoms with E-state index in [2.05, 4.69) is 13.8 Å². The van der Waals surface area contributed by atoms with Gasteiger partial charge in [0.15, 0.2) is 0 Å². The quantitative estimate of drug-likeness (QED) is 0.801. The lowest BCUT2D eigenvalue weighted by Gasteiger charge is -2.23. The van der Waals surface area contributed by atoms with Gasteiger partial charge in [0.25, 0.3) is 0 Å². The summed E-state index contributed by atoms with van der Waals surface area (Å²) in [6.07, 6.45) is 2.40. The molecule has 3 atom stereocenters. The zero-order valence-corrected chi connectivity index (χ0v) is 12.2. The molecule has 1 aromatic rings. The number of benzene rings is 1. The van der Waals surface area contributed by atoms with Crippen LogP contribution < -0.4 is 4.74 Å². The molecule has 0 fully saturated rings. The molecule has 0 aliphatic carbocycles. The maximum atomic E-state index is 10.1. The monoisotopic (exact) mass is 270 g/mol. The van der Waals surface area contributed by atoms with Gasteiger partial charge in [0.1, 0.15) is 11.9 Å². The summed E-state index contributed by atoms with van der Waals surface area (Å²) in [5.41, 5.74) is 0. The van der Waals surface area contributed by atoms with Gasteiger partial charge < -0.3 is 9.84 Å². The van der Waals surface area contributed by atoms with Gasteiger partial charge >= 0.3 is 0 Å². The highest BCUT2D eigenvalue weighted by Crippen LogP contribution is 2.21. The van der Waals surface area contributed by atoms with E-state index in [0.29, 0.717) is 16.7 Å². The number of ether oxygens (including phenoxy) is 1. The van der Waals surface area contributed by atoms with Crippen LogP contribution in [0.2, 0.25) is 5.02 Å². The molecule has 0 aliphatic heterocycles. The van der Waals surface area contributed by atoms with Crippen molar-refractivity contribution in [1.29, 1.82) is 0 Å². The van der Waals surface area contributed by atoms with Gasteiger partial charge in [-0.2, -0.15) is 0 Å². The molecule has 18 heavy (non-hydrogen) atoms. The first-order chi connectivity index (χ1) is 8.52. The number of aliphatic hydroxyl groups excluding tert-OH is 1. The molecule has 0 aromatic heterocycles. The Labute approximate surface area is 115 Å². The van der Waals surface area contributed by atoms with Gasteiger partial charge in [0.2, 0.25) is 0 Å². The molecular weight excluding hydrogens is 248 g/mol. The molecule has 0 saturated carbocycles. The van der Waals surface area contributed by atoms with E-state index in [0.717, 1.165) is 19.3 Å². The molecule has 2 nitrogen and oxygen atoms in total. The normalized spacial score (nSPS) is 16.1. The predicted octanol–water partition coefficient (Wildman–Crippen LogP) is 4.29. The molecule has 0 spiro atoms. The van der Waals surface area contributed by atoms with Crippen LogP contribution in [0.5, 0.6) is 5.75 Å². The smallest absolute Gasteiger partial charge is 0.122 e. The number of aliphatic hydroxyl groups is 1. The van der Waals surface area contributed by atoms with Crippen LogP contribution in [-0.2, 0) is 0 Å². The minimum absolute atomic E-state index is 0.220. The summed E-state index contributed by atoms with van der Waals surface area (Å²) < 4.78 is 5.70. The highest BCUT2D eigenvalue weighted by Gasteiger charge is 2.18. The Bertz CT molecular complexity index is 354. The molecule has 3 heteroatoms. The third-order valence-electron chi connectivity index (χ3n) is 3.09. The van der Waals surface area contributed by atoms with Crippen molar-refractivity contribution in [3.63, 3.8) is 0 Å². The highest BCUT2D eigenvalue weighted by molar-refractivity contribution is 6.30. The average Bonchev–Trinajstić information content (AvgIpc) is 2.29. The van der Waals surface area contributed by atoms with E-state index in [1.807, 2.05) is 19.1 Å². The second-order valence-corrected chi connectivity index (χ2v) is 5.41. The van der Waals surface area contributed by atoms with Crippen molar-refractivity contribution in [3.8, 4) is 5.75 Å². The van der Waals surface area contributed by atoms with Gasteiger partial charge in [0, 0.05) is 5.02 Å². The second kappa shape index (κ2) is 7.65. The fraction of sp³-hybridized carbons (Fsp3) is 0.600. The Morgan fingerprint density at radius 2 is 2.06 bits per heavy atom. The molecular formula is C15H23ClO2. The first-order valence-corrected chi connectivity index (χ1v) is 7.01. The van der Waals surface area contributed by atoms with E-state index < -0.39 is 6.10 Å². The maximum Gasteiger partial charge on any atom is 0.122 e. The molecule has 0 saturated heterocycles. The highest BCUT2D eigenvalue weighted by atomic mass is 35.5. The molecule has 102 valence electrons. The minimum Gasteiger partial charge on any atom is -0.488 e. The Morgan fingerprint density at radius 1 is 1.33 bits per heavy atom. The van der Waals surface area contributed by atoms with E-state index in [-0.39, 0.29) is 6.10 Å². The zero-order valence-electron chi connectivity index (χ0n) is 11.4. The number of hydrogen-bond acceptors (Lipinski definition) is 2. The number of hydrogen-bond donors (Lipinski definition) is 1. The molecule has 0 bridgehead atoms. The molecule has 1 rings (SSSR count). The fourth-order valence-corrected chi connectivity index (χ4v) is 2.23. The Hall–Kier alpha value is -0.730. The number of rotatable bonds is 7. The van der Waals surface area contributed by atoms with Crippen molar-refractivity contribution in [1.82, 2.24) is 0 Å². The van der Waals surface area contributed by atoms with Crippen LogP contribution in [0.25, 0.3) is 0 Å². The summed E-state index contributed by atoms with van der Waals surface area (Å²) in [4.78, 5) is 0. The van der Waals surface area contributed by atoms with Crippen LogP contribution in [0.1, 0.15) is 40.0 Å². The third kappa shape index (κ3) is 5.28. The minimum atomic E-state index is -0.439. The predicted molar refractivity (Wildman–Crippen MR) is 76.2 cm³/mol. The SMILES string of the molecule is CCCC(C)CC(O)C(C)Oc1cccc(Cl)c1. The standard InChI is InChI=1S/C15H23ClO2/c1-4-6-11(2)9-15(17)12(3)18-14-8-5-7-13(16)10-14/h5,7-8,10-12,15,17H,4,6,9H2,1-3H3. The fourth-order valence-electron chi connectivity index (χ4n) is 2.05. The molecule has 0 aliphatic rings. The van der Waals surface area contributed by atoms with Gasteiger partial charge in [0.05, 0.1) is 6.10 Å². The van der Waals surface area contributed by atoms with Crippen LogP contribution in [-0.4, -0.2) is 17.3 Å². The molecule has 1 aromatic carbocycles. The van der Waals surface area contributed by atoms with Crippen LogP contribution in [0, 0.1) is 5.92 Å². The zero-order chi connectivity index (χ0) is 13.5. The molecule has 1 N–H and O–H groups in total. The first kappa shape index (κ1) is 15.3. The maximum absolute atomic E-state index is 10.1. The first-order valence-electron chi connectivity index (χ1n) is 6.63. The van der Waals surface area contributed by atoms with E-state index >= 15 is 0 Å². The molecule has 0 amide bonds. The summed E-state index contributed by atoms with van der Waals surface area (Å²) in [5, 5.41) is 10.7. The van der Waals surface area contributed by atoms with Crippen LogP contribution >= 0.6 is 11.6 Å². The van der Waals surface area contributed by atoms with Crippen LogP contribution in [0.3, 0.4) is 0 Å². The van der Waals surface area contributed by atoms with Crippen LogP contribution in [0.15, 0.2) is 24.3 Å². The van der Waals surface area contributed by atoms with E-state index in [1.165, 1.54) is 0 Å². The second-order valence-electron chi connectivity index (χ2n) is 4.98. The van der Waals surface area contributed by atoms with Crippen molar-refractivity contribution < 1.29 is 9.84 Å². The summed E-state index contributed by atoms with van der Waals surface area (Å²) in [6.45, 7) is 6.22.